The lowest BCUT2D eigenvalue weighted by molar-refractivity contribution is 0.128. The van der Waals surface area contributed by atoms with Crippen molar-refractivity contribution in [3.05, 3.63) is 65.7 Å². The summed E-state index contributed by atoms with van der Waals surface area (Å²) in [5.41, 5.74) is 10.7. The number of benzene rings is 2. The van der Waals surface area contributed by atoms with Crippen molar-refractivity contribution in [2.75, 3.05) is 5.73 Å². The van der Waals surface area contributed by atoms with Crippen LogP contribution in [-0.2, 0) is 0 Å². The molecule has 0 aliphatic heterocycles. The molecule has 0 aliphatic carbocycles. The van der Waals surface area contributed by atoms with Crippen LogP contribution in [0.5, 0.6) is 0 Å². The number of hydrogen-bond acceptors (Lipinski definition) is 5. The molecule has 0 saturated heterocycles. The molecule has 0 radical (unpaired) electrons. The monoisotopic (exact) mass is 271 g/mol. The van der Waals surface area contributed by atoms with Crippen LogP contribution in [0.2, 0.25) is 0 Å². The minimum Gasteiger partial charge on any atom is -0.411 e. The third-order valence-electron chi connectivity index (χ3n) is 3.12. The number of nitrogen functional groups attached to an aromatic ring is 1. The van der Waals surface area contributed by atoms with Crippen LogP contribution in [0, 0.1) is 0 Å². The van der Waals surface area contributed by atoms with Crippen LogP contribution >= 0.6 is 0 Å². The fourth-order valence-electron chi connectivity index (χ4n) is 2.01. The Morgan fingerprint density at radius 1 is 1.10 bits per heavy atom. The molecule has 2 aromatic carbocycles. The van der Waals surface area contributed by atoms with Crippen molar-refractivity contribution in [1.29, 1.82) is 0 Å². The van der Waals surface area contributed by atoms with E-state index in [1.165, 1.54) is 0 Å². The van der Waals surface area contributed by atoms with Crippen molar-refractivity contribution in [2.24, 2.45) is 5.16 Å². The molecule has 20 heavy (non-hydrogen) atoms. The molecule has 0 spiro atoms. The van der Waals surface area contributed by atoms with E-state index in [1.807, 2.05) is 42.5 Å². The molecule has 0 saturated carbocycles. The topological polar surface area (TPSA) is 90.9 Å². The van der Waals surface area contributed by atoms with Crippen molar-refractivity contribution in [1.82, 2.24) is 5.48 Å². The fourth-order valence-corrected chi connectivity index (χ4v) is 2.01. The van der Waals surface area contributed by atoms with Gasteiger partial charge >= 0.3 is 0 Å². The Morgan fingerprint density at radius 2 is 1.75 bits per heavy atom. The van der Waals surface area contributed by atoms with E-state index in [9.17, 15) is 10.4 Å². The molecule has 1 atom stereocenters. The van der Waals surface area contributed by atoms with Crippen molar-refractivity contribution >= 4 is 11.4 Å². The summed E-state index contributed by atoms with van der Waals surface area (Å²) in [6.07, 6.45) is 0.348. The zero-order valence-corrected chi connectivity index (χ0v) is 10.9. The first-order valence-corrected chi connectivity index (χ1v) is 6.26. The average Bonchev–Trinajstić information content (AvgIpc) is 2.51. The van der Waals surface area contributed by atoms with Crippen LogP contribution in [0.3, 0.4) is 0 Å². The Kier molecular flexibility index (Phi) is 4.70. The molecule has 1 unspecified atom stereocenters. The van der Waals surface area contributed by atoms with Crippen molar-refractivity contribution < 1.29 is 10.4 Å². The first-order valence-electron chi connectivity index (χ1n) is 6.26. The van der Waals surface area contributed by atoms with Crippen LogP contribution in [0.1, 0.15) is 23.6 Å². The molecule has 0 heterocycles. The second kappa shape index (κ2) is 6.70. The second-order valence-corrected chi connectivity index (χ2v) is 4.47. The molecular weight excluding hydrogens is 254 g/mol. The van der Waals surface area contributed by atoms with E-state index in [4.69, 9.17) is 5.73 Å². The lowest BCUT2D eigenvalue weighted by Gasteiger charge is -2.16. The summed E-state index contributed by atoms with van der Waals surface area (Å²) < 4.78 is 0. The minimum atomic E-state index is -0.373. The zero-order chi connectivity index (χ0) is 14.4. The molecule has 5 heteroatoms. The van der Waals surface area contributed by atoms with Gasteiger partial charge in [0.15, 0.2) is 0 Å². The van der Waals surface area contributed by atoms with Gasteiger partial charge in [-0.25, -0.2) is 0 Å². The maximum atomic E-state index is 9.32. The lowest BCUT2D eigenvalue weighted by Crippen LogP contribution is -2.21. The maximum absolute atomic E-state index is 9.32. The van der Waals surface area contributed by atoms with Gasteiger partial charge < -0.3 is 16.1 Å². The summed E-state index contributed by atoms with van der Waals surface area (Å²) in [4.78, 5) is 0. The summed E-state index contributed by atoms with van der Waals surface area (Å²) in [6, 6.07) is 16.1. The highest BCUT2D eigenvalue weighted by atomic mass is 16.5. The molecule has 0 bridgehead atoms. The zero-order valence-electron chi connectivity index (χ0n) is 10.9. The van der Waals surface area contributed by atoms with Crippen molar-refractivity contribution in [3.63, 3.8) is 0 Å². The standard InChI is InChI=1S/C15H17N3O2/c16-13-8-6-12(7-9-13)15(18-20)10-14(17-19)11-4-2-1-3-5-11/h1-9,15,18-20H,10,16H2. The van der Waals surface area contributed by atoms with Gasteiger partial charge in [-0.05, 0) is 23.3 Å². The summed E-state index contributed by atoms with van der Waals surface area (Å²) in [5, 5.41) is 21.8. The van der Waals surface area contributed by atoms with E-state index in [1.54, 1.807) is 12.1 Å². The Hall–Kier alpha value is -2.37. The Bertz CT molecular complexity index is 567. The molecule has 5 N–H and O–H groups in total. The van der Waals surface area contributed by atoms with Crippen LogP contribution in [0.4, 0.5) is 5.69 Å². The fraction of sp³-hybridized carbons (Fsp3) is 0.133. The van der Waals surface area contributed by atoms with E-state index in [0.717, 1.165) is 11.1 Å². The van der Waals surface area contributed by atoms with Crippen LogP contribution < -0.4 is 11.2 Å². The van der Waals surface area contributed by atoms with Crippen LogP contribution in [0.25, 0.3) is 0 Å². The molecule has 2 rings (SSSR count). The van der Waals surface area contributed by atoms with Crippen LogP contribution in [0.15, 0.2) is 59.8 Å². The molecule has 0 aromatic heterocycles. The second-order valence-electron chi connectivity index (χ2n) is 4.47. The quantitative estimate of drug-likeness (QED) is 0.291. The number of hydroxylamine groups is 1. The predicted molar refractivity (Wildman–Crippen MR) is 77.9 cm³/mol. The van der Waals surface area contributed by atoms with E-state index in [-0.39, 0.29) is 6.04 Å². The van der Waals surface area contributed by atoms with Crippen molar-refractivity contribution in [3.8, 4) is 0 Å². The largest absolute Gasteiger partial charge is 0.411 e. The highest BCUT2D eigenvalue weighted by Crippen LogP contribution is 2.20. The van der Waals surface area contributed by atoms with Crippen molar-refractivity contribution in [2.45, 2.75) is 12.5 Å². The summed E-state index contributed by atoms with van der Waals surface area (Å²) in [6.45, 7) is 0. The molecule has 5 nitrogen and oxygen atoms in total. The Balaban J connectivity index is 2.19. The van der Waals surface area contributed by atoms with Gasteiger partial charge in [-0.2, -0.15) is 5.48 Å². The third kappa shape index (κ3) is 3.34. The number of nitrogens with two attached hydrogens (primary N) is 1. The number of rotatable bonds is 5. The van der Waals surface area contributed by atoms with Gasteiger partial charge in [0.05, 0.1) is 11.8 Å². The molecule has 104 valence electrons. The Morgan fingerprint density at radius 3 is 2.30 bits per heavy atom. The highest BCUT2D eigenvalue weighted by molar-refractivity contribution is 6.00. The summed E-state index contributed by atoms with van der Waals surface area (Å²) in [7, 11) is 0. The first-order chi connectivity index (χ1) is 9.74. The minimum absolute atomic E-state index is 0.348. The Labute approximate surface area is 117 Å². The van der Waals surface area contributed by atoms with E-state index < -0.39 is 0 Å². The van der Waals surface area contributed by atoms with Gasteiger partial charge in [0.1, 0.15) is 0 Å². The number of oxime groups is 1. The number of hydrogen-bond donors (Lipinski definition) is 4. The third-order valence-corrected chi connectivity index (χ3v) is 3.12. The smallest absolute Gasteiger partial charge is 0.0887 e. The van der Waals surface area contributed by atoms with Gasteiger partial charge in [0.2, 0.25) is 0 Å². The van der Waals surface area contributed by atoms with E-state index >= 15 is 0 Å². The SMILES string of the molecule is Nc1ccc(C(CC(=NO)c2ccccc2)NO)cc1. The molecular formula is C15H17N3O2. The van der Waals surface area contributed by atoms with Crippen LogP contribution in [-0.4, -0.2) is 16.1 Å². The van der Waals surface area contributed by atoms with Gasteiger partial charge in [0, 0.05) is 12.1 Å². The van der Waals surface area contributed by atoms with Gasteiger partial charge in [-0.1, -0.05) is 47.6 Å². The first kappa shape index (κ1) is 14.0. The van der Waals surface area contributed by atoms with Gasteiger partial charge in [-0.15, -0.1) is 0 Å². The number of nitrogens with zero attached hydrogens (tertiary/aromatic N) is 1. The maximum Gasteiger partial charge on any atom is 0.0887 e. The number of anilines is 1. The average molecular weight is 271 g/mol. The molecule has 0 fully saturated rings. The lowest BCUT2D eigenvalue weighted by atomic mass is 9.98. The highest BCUT2D eigenvalue weighted by Gasteiger charge is 2.15. The molecule has 0 amide bonds. The molecule has 0 aliphatic rings. The predicted octanol–water partition coefficient (Wildman–Crippen LogP) is 2.56. The summed E-state index contributed by atoms with van der Waals surface area (Å²) in [5.74, 6) is 0. The number of nitrogens with one attached hydrogen (secondary N) is 1. The van der Waals surface area contributed by atoms with Gasteiger partial charge in [0.25, 0.3) is 0 Å². The van der Waals surface area contributed by atoms with E-state index in [2.05, 4.69) is 10.6 Å². The van der Waals surface area contributed by atoms with Gasteiger partial charge in [-0.3, -0.25) is 0 Å². The van der Waals surface area contributed by atoms with E-state index in [0.29, 0.717) is 17.8 Å². The summed E-state index contributed by atoms with van der Waals surface area (Å²) >= 11 is 0. The normalized spacial score (nSPS) is 13.2. The molecule has 2 aromatic rings.